The largest absolute Gasteiger partial charge is 0.337 e. The molecule has 1 aromatic carbocycles. The van der Waals surface area contributed by atoms with E-state index >= 15 is 0 Å². The number of carbonyl (C=O) groups excluding carboxylic acids is 1. The molecule has 0 N–H and O–H groups in total. The van der Waals surface area contributed by atoms with Gasteiger partial charge in [0.2, 0.25) is 0 Å². The van der Waals surface area contributed by atoms with Crippen LogP contribution in [-0.2, 0) is 0 Å². The van der Waals surface area contributed by atoms with Gasteiger partial charge in [0.1, 0.15) is 0 Å². The molecule has 1 aromatic rings. The Kier molecular flexibility index (Phi) is 3.77. The summed E-state index contributed by atoms with van der Waals surface area (Å²) in [6, 6.07) is 5.20. The van der Waals surface area contributed by atoms with E-state index in [0.29, 0.717) is 23.7 Å². The van der Waals surface area contributed by atoms with Crippen LogP contribution in [0.25, 0.3) is 0 Å². The van der Waals surface area contributed by atoms with Gasteiger partial charge in [0.15, 0.2) is 0 Å². The molecule has 2 rings (SSSR count). The summed E-state index contributed by atoms with van der Waals surface area (Å²) >= 11 is 15.2. The number of hydrogen-bond donors (Lipinski definition) is 0. The lowest BCUT2D eigenvalue weighted by Gasteiger charge is -2.16. The highest BCUT2D eigenvalue weighted by Crippen LogP contribution is 2.25. The van der Waals surface area contributed by atoms with Crippen molar-refractivity contribution >= 4 is 45.0 Å². The van der Waals surface area contributed by atoms with Crippen LogP contribution in [0.1, 0.15) is 16.8 Å². The molecule has 86 valence electrons. The smallest absolute Gasteiger partial charge is 0.255 e. The zero-order valence-electron chi connectivity index (χ0n) is 8.42. The van der Waals surface area contributed by atoms with Gasteiger partial charge < -0.3 is 4.90 Å². The van der Waals surface area contributed by atoms with E-state index in [1.54, 1.807) is 23.1 Å². The Labute approximate surface area is 113 Å². The summed E-state index contributed by atoms with van der Waals surface area (Å²) in [6.45, 7) is 1.32. The van der Waals surface area contributed by atoms with Gasteiger partial charge in [0.05, 0.1) is 10.9 Å². The van der Waals surface area contributed by atoms with Crippen LogP contribution in [-0.4, -0.2) is 29.3 Å². The van der Waals surface area contributed by atoms with Crippen molar-refractivity contribution in [3.05, 3.63) is 33.3 Å². The molecule has 0 aliphatic carbocycles. The van der Waals surface area contributed by atoms with Crippen molar-refractivity contribution in [3.63, 3.8) is 0 Å². The lowest BCUT2D eigenvalue weighted by molar-refractivity contribution is 0.0792. The molecule has 0 aromatic heterocycles. The summed E-state index contributed by atoms with van der Waals surface area (Å²) in [4.78, 5) is 13.9. The number of nitrogens with zero attached hydrogens (tertiary/aromatic N) is 1. The summed E-state index contributed by atoms with van der Waals surface area (Å²) in [6.07, 6.45) is 0.853. The van der Waals surface area contributed by atoms with Gasteiger partial charge in [-0.15, -0.1) is 11.6 Å². The maximum absolute atomic E-state index is 12.1. The highest BCUT2D eigenvalue weighted by Gasteiger charge is 2.26. The summed E-state index contributed by atoms with van der Waals surface area (Å²) in [7, 11) is 0. The molecule has 0 saturated carbocycles. The number of hydrogen-bond acceptors (Lipinski definition) is 1. The fourth-order valence-electron chi connectivity index (χ4n) is 1.73. The van der Waals surface area contributed by atoms with Gasteiger partial charge in [-0.05, 0) is 40.5 Å². The molecular weight excluding hydrogens is 313 g/mol. The summed E-state index contributed by atoms with van der Waals surface area (Å²) < 4.78 is 0.764. The molecular formula is C11H10BrCl2NO. The molecule has 1 fully saturated rings. The second-order valence-electron chi connectivity index (χ2n) is 3.76. The number of carbonyl (C=O) groups is 1. The molecule has 1 atom stereocenters. The zero-order valence-corrected chi connectivity index (χ0v) is 11.5. The van der Waals surface area contributed by atoms with Crippen LogP contribution in [0.2, 0.25) is 5.02 Å². The minimum atomic E-state index is -0.0162. The van der Waals surface area contributed by atoms with Gasteiger partial charge in [-0.25, -0.2) is 0 Å². The third-order valence-corrected chi connectivity index (χ3v) is 3.86. The topological polar surface area (TPSA) is 20.3 Å². The van der Waals surface area contributed by atoms with Gasteiger partial charge >= 0.3 is 0 Å². The van der Waals surface area contributed by atoms with Gasteiger partial charge in [0.25, 0.3) is 5.91 Å². The van der Waals surface area contributed by atoms with Crippen LogP contribution >= 0.6 is 39.1 Å². The van der Waals surface area contributed by atoms with Crippen LogP contribution in [0.5, 0.6) is 0 Å². The van der Waals surface area contributed by atoms with E-state index in [4.69, 9.17) is 23.2 Å². The van der Waals surface area contributed by atoms with Gasteiger partial charge in [-0.2, -0.15) is 0 Å². The number of halogens is 3. The van der Waals surface area contributed by atoms with Crippen LogP contribution in [0.4, 0.5) is 0 Å². The Morgan fingerprint density at radius 3 is 2.88 bits per heavy atom. The van der Waals surface area contributed by atoms with Crippen molar-refractivity contribution in [3.8, 4) is 0 Å². The van der Waals surface area contributed by atoms with Crippen LogP contribution in [0.3, 0.4) is 0 Å². The van der Waals surface area contributed by atoms with Gasteiger partial charge in [-0.3, -0.25) is 4.79 Å². The first-order valence-electron chi connectivity index (χ1n) is 4.96. The molecule has 5 heteroatoms. The van der Waals surface area contributed by atoms with Crippen molar-refractivity contribution in [1.82, 2.24) is 4.90 Å². The number of benzene rings is 1. The molecule has 0 radical (unpaired) electrons. The predicted molar refractivity (Wildman–Crippen MR) is 69.3 cm³/mol. The Bertz CT molecular complexity index is 424. The first kappa shape index (κ1) is 12.2. The fourth-order valence-corrected chi connectivity index (χ4v) is 2.59. The number of amides is 1. The first-order valence-corrected chi connectivity index (χ1v) is 6.57. The SMILES string of the molecule is O=C(c1cc(Cl)ccc1Br)N1CCC(Cl)C1. The molecule has 0 bridgehead atoms. The van der Waals surface area contributed by atoms with Crippen LogP contribution < -0.4 is 0 Å². The van der Waals surface area contributed by atoms with E-state index in [-0.39, 0.29) is 11.3 Å². The van der Waals surface area contributed by atoms with Crippen molar-refractivity contribution in [2.45, 2.75) is 11.8 Å². The van der Waals surface area contributed by atoms with Crippen molar-refractivity contribution in [1.29, 1.82) is 0 Å². The zero-order chi connectivity index (χ0) is 11.7. The highest BCUT2D eigenvalue weighted by molar-refractivity contribution is 9.10. The normalized spacial score (nSPS) is 20.2. The number of likely N-dealkylation sites (tertiary alicyclic amines) is 1. The quantitative estimate of drug-likeness (QED) is 0.724. The highest BCUT2D eigenvalue weighted by atomic mass is 79.9. The minimum Gasteiger partial charge on any atom is -0.337 e. The molecule has 1 heterocycles. The summed E-state index contributed by atoms with van der Waals surface area (Å²) in [5, 5.41) is 0.634. The number of rotatable bonds is 1. The molecule has 1 unspecified atom stereocenters. The third kappa shape index (κ3) is 2.53. The molecule has 2 nitrogen and oxygen atoms in total. The predicted octanol–water partition coefficient (Wildman–Crippen LogP) is 3.56. The monoisotopic (exact) mass is 321 g/mol. The van der Waals surface area contributed by atoms with Crippen LogP contribution in [0, 0.1) is 0 Å². The van der Waals surface area contributed by atoms with Gasteiger partial charge in [0, 0.05) is 22.6 Å². The summed E-state index contributed by atoms with van der Waals surface area (Å²) in [5.74, 6) is -0.0162. The average molecular weight is 323 g/mol. The molecule has 1 saturated heterocycles. The van der Waals surface area contributed by atoms with E-state index in [9.17, 15) is 4.79 Å². The fraction of sp³-hybridized carbons (Fsp3) is 0.364. The van der Waals surface area contributed by atoms with Crippen LogP contribution in [0.15, 0.2) is 22.7 Å². The minimum absolute atomic E-state index is 0.0162. The molecule has 0 spiro atoms. The number of alkyl halides is 1. The van der Waals surface area contributed by atoms with Crippen molar-refractivity contribution in [2.75, 3.05) is 13.1 Å². The molecule has 16 heavy (non-hydrogen) atoms. The Morgan fingerprint density at radius 2 is 2.25 bits per heavy atom. The van der Waals surface area contributed by atoms with E-state index < -0.39 is 0 Å². The standard InChI is InChI=1S/C11H10BrCl2NO/c12-10-2-1-7(13)5-9(10)11(16)15-4-3-8(14)6-15/h1-2,5,8H,3-4,6H2. The van der Waals surface area contributed by atoms with E-state index in [1.807, 2.05) is 0 Å². The average Bonchev–Trinajstić information content (AvgIpc) is 2.67. The van der Waals surface area contributed by atoms with E-state index in [0.717, 1.165) is 10.9 Å². The summed E-state index contributed by atoms with van der Waals surface area (Å²) in [5.41, 5.74) is 0.596. The van der Waals surface area contributed by atoms with Crippen molar-refractivity contribution < 1.29 is 4.79 Å². The van der Waals surface area contributed by atoms with Gasteiger partial charge in [-0.1, -0.05) is 11.6 Å². The lowest BCUT2D eigenvalue weighted by Crippen LogP contribution is -2.29. The lowest BCUT2D eigenvalue weighted by atomic mass is 10.2. The molecule has 1 amide bonds. The molecule has 1 aliphatic rings. The van der Waals surface area contributed by atoms with Crippen molar-refractivity contribution in [2.24, 2.45) is 0 Å². The second-order valence-corrected chi connectivity index (χ2v) is 5.67. The maximum Gasteiger partial charge on any atom is 0.255 e. The Morgan fingerprint density at radius 1 is 1.50 bits per heavy atom. The van der Waals surface area contributed by atoms with E-state index in [2.05, 4.69) is 15.9 Å². The Hall–Kier alpha value is -0.250. The maximum atomic E-state index is 12.1. The Balaban J connectivity index is 2.23. The van der Waals surface area contributed by atoms with E-state index in [1.165, 1.54) is 0 Å². The second kappa shape index (κ2) is 4.94. The molecule has 1 aliphatic heterocycles. The first-order chi connectivity index (χ1) is 7.58. The third-order valence-electron chi connectivity index (χ3n) is 2.58.